The molecular weight excluding hydrogens is 320 g/mol. The minimum absolute atomic E-state index is 0.711. The number of aliphatic hydroxyl groups excluding tert-OH is 8. The highest BCUT2D eigenvalue weighted by molar-refractivity contribution is 4.94. The van der Waals surface area contributed by atoms with Crippen LogP contribution in [0.4, 0.5) is 0 Å². The monoisotopic (exact) mass is 342 g/mol. The summed E-state index contributed by atoms with van der Waals surface area (Å²) in [5.41, 5.74) is 0. The molecule has 10 atom stereocenters. The van der Waals surface area contributed by atoms with Gasteiger partial charge in [-0.25, -0.2) is 0 Å². The molecule has 0 bridgehead atoms. The molecule has 0 aromatic carbocycles. The molecule has 0 aromatic rings. The molecule has 0 radical (unpaired) electrons. The van der Waals surface area contributed by atoms with Crippen LogP contribution < -0.4 is 0 Å². The molecule has 23 heavy (non-hydrogen) atoms. The van der Waals surface area contributed by atoms with Gasteiger partial charge >= 0.3 is 0 Å². The standard InChI is InChI=1S/C12H22O11/c13-1-3(15)9-6(17)8(19)12(23-9)21-4(2-14)10-5(16)7(18)11(20)22-10/h3-20H,1-2H2/t3-,4-,5+,6+,7+,8+,9-,10-,11-,12+/m0/s1. The van der Waals surface area contributed by atoms with Gasteiger partial charge in [0.15, 0.2) is 12.6 Å². The second-order valence-corrected chi connectivity index (χ2v) is 5.53. The molecule has 0 saturated carbocycles. The van der Waals surface area contributed by atoms with Crippen LogP contribution >= 0.6 is 0 Å². The zero-order valence-corrected chi connectivity index (χ0v) is 12.0. The van der Waals surface area contributed by atoms with Crippen LogP contribution in [-0.4, -0.2) is 115 Å². The molecule has 0 amide bonds. The minimum Gasteiger partial charge on any atom is -0.394 e. The van der Waals surface area contributed by atoms with Gasteiger partial charge in [0.2, 0.25) is 0 Å². The van der Waals surface area contributed by atoms with Crippen LogP contribution in [0.5, 0.6) is 0 Å². The maximum absolute atomic E-state index is 9.85. The summed E-state index contributed by atoms with van der Waals surface area (Å²) < 4.78 is 15.2. The van der Waals surface area contributed by atoms with E-state index in [0.717, 1.165) is 0 Å². The zero-order valence-electron chi connectivity index (χ0n) is 12.0. The molecule has 0 aliphatic carbocycles. The Hall–Kier alpha value is -0.440. The summed E-state index contributed by atoms with van der Waals surface area (Å²) in [6.07, 6.45) is -14.8. The average Bonchev–Trinajstić information content (AvgIpc) is 2.96. The summed E-state index contributed by atoms with van der Waals surface area (Å²) in [7, 11) is 0. The molecule has 136 valence electrons. The van der Waals surface area contributed by atoms with Gasteiger partial charge in [0.05, 0.1) is 13.2 Å². The van der Waals surface area contributed by atoms with E-state index in [-0.39, 0.29) is 0 Å². The maximum atomic E-state index is 9.85. The van der Waals surface area contributed by atoms with E-state index in [1.807, 2.05) is 0 Å². The molecule has 2 aliphatic heterocycles. The first-order chi connectivity index (χ1) is 10.8. The molecule has 2 saturated heterocycles. The van der Waals surface area contributed by atoms with Crippen molar-refractivity contribution >= 4 is 0 Å². The van der Waals surface area contributed by atoms with Crippen molar-refractivity contribution in [1.82, 2.24) is 0 Å². The second-order valence-electron chi connectivity index (χ2n) is 5.53. The average molecular weight is 342 g/mol. The lowest BCUT2D eigenvalue weighted by atomic mass is 10.1. The van der Waals surface area contributed by atoms with Gasteiger partial charge < -0.3 is 55.1 Å². The SMILES string of the molecule is OC[C@H](O[C@@H]1O[C@@H]([C@@H](O)CO)[C@H](O)[C@H]1O)[C@@H]1O[C@H](O)[C@H](O)[C@H]1O. The third kappa shape index (κ3) is 3.65. The first kappa shape index (κ1) is 18.9. The first-order valence-corrected chi connectivity index (χ1v) is 7.08. The van der Waals surface area contributed by atoms with Gasteiger partial charge in [0.1, 0.15) is 48.8 Å². The van der Waals surface area contributed by atoms with Crippen LogP contribution in [0.3, 0.4) is 0 Å². The summed E-state index contributed by atoms with van der Waals surface area (Å²) in [6.45, 7) is -1.43. The Bertz CT molecular complexity index is 382. The van der Waals surface area contributed by atoms with Crippen molar-refractivity contribution in [3.8, 4) is 0 Å². The van der Waals surface area contributed by atoms with Gasteiger partial charge in [-0.2, -0.15) is 0 Å². The van der Waals surface area contributed by atoms with Gasteiger partial charge in [0, 0.05) is 0 Å². The third-order valence-electron chi connectivity index (χ3n) is 3.95. The van der Waals surface area contributed by atoms with E-state index >= 15 is 0 Å². The van der Waals surface area contributed by atoms with E-state index < -0.39 is 74.6 Å². The largest absolute Gasteiger partial charge is 0.394 e. The fourth-order valence-corrected chi connectivity index (χ4v) is 2.60. The van der Waals surface area contributed by atoms with Crippen LogP contribution in [0.2, 0.25) is 0 Å². The Kier molecular flexibility index (Phi) is 6.27. The van der Waals surface area contributed by atoms with E-state index in [4.69, 9.17) is 19.3 Å². The lowest BCUT2D eigenvalue weighted by Gasteiger charge is -2.27. The highest BCUT2D eigenvalue weighted by Gasteiger charge is 2.51. The molecule has 11 nitrogen and oxygen atoms in total. The maximum Gasteiger partial charge on any atom is 0.187 e. The van der Waals surface area contributed by atoms with E-state index in [1.165, 1.54) is 0 Å². The molecule has 2 heterocycles. The Balaban J connectivity index is 2.02. The first-order valence-electron chi connectivity index (χ1n) is 7.08. The molecule has 2 fully saturated rings. The number of hydrogen-bond donors (Lipinski definition) is 8. The van der Waals surface area contributed by atoms with Gasteiger partial charge in [0.25, 0.3) is 0 Å². The fourth-order valence-electron chi connectivity index (χ4n) is 2.60. The molecule has 2 aliphatic rings. The Morgan fingerprint density at radius 3 is 1.87 bits per heavy atom. The summed E-state index contributed by atoms with van der Waals surface area (Å²) in [6, 6.07) is 0. The van der Waals surface area contributed by atoms with Gasteiger partial charge in [-0.3, -0.25) is 0 Å². The Morgan fingerprint density at radius 1 is 0.783 bits per heavy atom. The lowest BCUT2D eigenvalue weighted by molar-refractivity contribution is -0.239. The number of hydrogen-bond acceptors (Lipinski definition) is 11. The number of aliphatic hydroxyl groups is 8. The van der Waals surface area contributed by atoms with Gasteiger partial charge in [-0.1, -0.05) is 0 Å². The quantitative estimate of drug-likeness (QED) is 0.230. The summed E-state index contributed by atoms with van der Waals surface area (Å²) in [4.78, 5) is 0. The fraction of sp³-hybridized carbons (Fsp3) is 1.00. The summed E-state index contributed by atoms with van der Waals surface area (Å²) >= 11 is 0. The van der Waals surface area contributed by atoms with E-state index in [2.05, 4.69) is 0 Å². The van der Waals surface area contributed by atoms with E-state index in [1.54, 1.807) is 0 Å². The molecule has 11 heteroatoms. The highest BCUT2D eigenvalue weighted by Crippen LogP contribution is 2.29. The zero-order chi connectivity index (χ0) is 17.3. The molecule has 0 spiro atoms. The number of ether oxygens (including phenoxy) is 3. The minimum atomic E-state index is -1.67. The number of rotatable bonds is 6. The van der Waals surface area contributed by atoms with Crippen molar-refractivity contribution in [2.45, 2.75) is 61.4 Å². The third-order valence-corrected chi connectivity index (χ3v) is 3.95. The Labute approximate surface area is 130 Å². The normalized spacial score (nSPS) is 47.0. The predicted octanol–water partition coefficient (Wildman–Crippen LogP) is -5.40. The van der Waals surface area contributed by atoms with Crippen LogP contribution in [0.25, 0.3) is 0 Å². The molecule has 0 unspecified atom stereocenters. The van der Waals surface area contributed by atoms with Crippen molar-refractivity contribution in [3.63, 3.8) is 0 Å². The second kappa shape index (κ2) is 7.63. The van der Waals surface area contributed by atoms with Gasteiger partial charge in [-0.05, 0) is 0 Å². The van der Waals surface area contributed by atoms with E-state index in [9.17, 15) is 35.7 Å². The predicted molar refractivity (Wildman–Crippen MR) is 68.6 cm³/mol. The smallest absolute Gasteiger partial charge is 0.187 e. The van der Waals surface area contributed by atoms with Crippen molar-refractivity contribution in [3.05, 3.63) is 0 Å². The molecule has 8 N–H and O–H groups in total. The molecule has 0 aromatic heterocycles. The van der Waals surface area contributed by atoms with E-state index in [0.29, 0.717) is 0 Å². The van der Waals surface area contributed by atoms with Gasteiger partial charge in [-0.15, -0.1) is 0 Å². The highest BCUT2D eigenvalue weighted by atomic mass is 16.7. The molecule has 2 rings (SSSR count). The van der Waals surface area contributed by atoms with Crippen LogP contribution in [-0.2, 0) is 14.2 Å². The Morgan fingerprint density at radius 2 is 1.39 bits per heavy atom. The van der Waals surface area contributed by atoms with Crippen molar-refractivity contribution in [2.75, 3.05) is 13.2 Å². The topological polar surface area (TPSA) is 190 Å². The summed E-state index contributed by atoms with van der Waals surface area (Å²) in [5.74, 6) is 0. The van der Waals surface area contributed by atoms with Crippen LogP contribution in [0, 0.1) is 0 Å². The molecular formula is C12H22O11. The van der Waals surface area contributed by atoms with Crippen molar-refractivity contribution < 1.29 is 55.1 Å². The van der Waals surface area contributed by atoms with Crippen molar-refractivity contribution in [2.24, 2.45) is 0 Å². The lowest BCUT2D eigenvalue weighted by Crippen LogP contribution is -2.46. The van der Waals surface area contributed by atoms with Crippen molar-refractivity contribution in [1.29, 1.82) is 0 Å². The summed E-state index contributed by atoms with van der Waals surface area (Å²) in [5, 5.41) is 75.8. The van der Waals surface area contributed by atoms with Crippen LogP contribution in [0.15, 0.2) is 0 Å². The van der Waals surface area contributed by atoms with Crippen LogP contribution in [0.1, 0.15) is 0 Å².